The van der Waals surface area contributed by atoms with Crippen LogP contribution in [0.3, 0.4) is 0 Å². The van der Waals surface area contributed by atoms with E-state index in [9.17, 15) is 0 Å². The molecule has 2 nitrogen and oxygen atoms in total. The number of anilines is 2. The molecule has 0 aliphatic rings. The van der Waals surface area contributed by atoms with Gasteiger partial charge >= 0.3 is 0 Å². The van der Waals surface area contributed by atoms with Gasteiger partial charge in [-0.1, -0.05) is 102 Å². The molecule has 0 aliphatic carbocycles. The molecular formula is C32H46N2. The topological polar surface area (TPSA) is 24.1 Å². The predicted octanol–water partition coefficient (Wildman–Crippen LogP) is 9.13. The van der Waals surface area contributed by atoms with E-state index in [0.29, 0.717) is 0 Å². The number of benzene rings is 2. The average Bonchev–Trinajstić information content (AvgIpc) is 2.86. The lowest BCUT2D eigenvalue weighted by molar-refractivity contribution is 0.743. The highest BCUT2D eigenvalue weighted by Crippen LogP contribution is 2.32. The van der Waals surface area contributed by atoms with Gasteiger partial charge in [0.05, 0.1) is 22.5 Å². The smallest absolute Gasteiger partial charge is 0.0555 e. The van der Waals surface area contributed by atoms with Gasteiger partial charge < -0.3 is 10.6 Å². The van der Waals surface area contributed by atoms with Crippen LogP contribution in [0.25, 0.3) is 10.8 Å². The minimum Gasteiger partial charge on any atom is -0.384 e. The van der Waals surface area contributed by atoms with Crippen LogP contribution in [0.5, 0.6) is 0 Å². The first kappa shape index (κ1) is 27.7. The maximum absolute atomic E-state index is 3.67. The van der Waals surface area contributed by atoms with Crippen LogP contribution in [-0.4, -0.2) is 13.1 Å². The Labute approximate surface area is 209 Å². The van der Waals surface area contributed by atoms with Crippen molar-refractivity contribution in [3.8, 4) is 23.7 Å². The first-order valence-corrected chi connectivity index (χ1v) is 13.8. The minimum atomic E-state index is 0.947. The summed E-state index contributed by atoms with van der Waals surface area (Å²) in [7, 11) is 0. The van der Waals surface area contributed by atoms with Gasteiger partial charge in [-0.05, 0) is 37.8 Å². The Kier molecular flexibility index (Phi) is 13.8. The lowest BCUT2D eigenvalue weighted by Gasteiger charge is -2.15. The summed E-state index contributed by atoms with van der Waals surface area (Å²) in [5.41, 5.74) is 4.56. The minimum absolute atomic E-state index is 0.947. The van der Waals surface area contributed by atoms with Gasteiger partial charge in [-0.2, -0.15) is 0 Å². The number of rotatable bonds is 14. The molecule has 2 heteroatoms. The van der Waals surface area contributed by atoms with Crippen LogP contribution in [0.1, 0.15) is 116 Å². The van der Waals surface area contributed by atoms with Crippen LogP contribution >= 0.6 is 0 Å². The second-order valence-corrected chi connectivity index (χ2v) is 9.15. The molecule has 0 fully saturated rings. The van der Waals surface area contributed by atoms with Gasteiger partial charge in [0.1, 0.15) is 0 Å². The van der Waals surface area contributed by atoms with Crippen LogP contribution in [0.15, 0.2) is 24.3 Å². The molecule has 34 heavy (non-hydrogen) atoms. The second-order valence-electron chi connectivity index (χ2n) is 9.15. The molecule has 0 unspecified atom stereocenters. The van der Waals surface area contributed by atoms with Crippen molar-refractivity contribution in [2.75, 3.05) is 23.7 Å². The highest BCUT2D eigenvalue weighted by molar-refractivity contribution is 5.99. The average molecular weight is 459 g/mol. The molecule has 0 aliphatic heterocycles. The Morgan fingerprint density at radius 3 is 1.32 bits per heavy atom. The fourth-order valence-corrected chi connectivity index (χ4v) is 4.00. The van der Waals surface area contributed by atoms with E-state index in [1.165, 1.54) is 62.1 Å². The molecule has 0 heterocycles. The second kappa shape index (κ2) is 16.9. The summed E-state index contributed by atoms with van der Waals surface area (Å²) in [5, 5.41) is 9.76. The van der Waals surface area contributed by atoms with Crippen LogP contribution in [0, 0.1) is 23.7 Å². The Balaban J connectivity index is 2.50. The van der Waals surface area contributed by atoms with E-state index in [4.69, 9.17) is 0 Å². The van der Waals surface area contributed by atoms with Crippen molar-refractivity contribution in [1.29, 1.82) is 0 Å². The van der Waals surface area contributed by atoms with E-state index in [1.54, 1.807) is 0 Å². The fourth-order valence-electron chi connectivity index (χ4n) is 4.00. The van der Waals surface area contributed by atoms with Crippen LogP contribution < -0.4 is 10.6 Å². The van der Waals surface area contributed by atoms with Crippen molar-refractivity contribution in [3.63, 3.8) is 0 Å². The highest BCUT2D eigenvalue weighted by atomic mass is 14.9. The van der Waals surface area contributed by atoms with E-state index >= 15 is 0 Å². The van der Waals surface area contributed by atoms with Crippen molar-refractivity contribution in [3.05, 3.63) is 35.4 Å². The van der Waals surface area contributed by atoms with E-state index in [-0.39, 0.29) is 0 Å². The monoisotopic (exact) mass is 458 g/mol. The molecule has 0 saturated heterocycles. The van der Waals surface area contributed by atoms with Crippen molar-refractivity contribution >= 4 is 22.1 Å². The summed E-state index contributed by atoms with van der Waals surface area (Å²) < 4.78 is 0. The van der Waals surface area contributed by atoms with Crippen LogP contribution in [0.2, 0.25) is 0 Å². The van der Waals surface area contributed by atoms with Gasteiger partial charge in [-0.25, -0.2) is 0 Å². The molecule has 0 atom stereocenters. The third kappa shape index (κ3) is 8.99. The van der Waals surface area contributed by atoms with Crippen LogP contribution in [-0.2, 0) is 0 Å². The number of hydrogen-bond donors (Lipinski definition) is 2. The maximum atomic E-state index is 3.67. The molecule has 2 aromatic carbocycles. The first-order chi connectivity index (χ1) is 16.8. The number of fused-ring (bicyclic) bond motifs is 1. The van der Waals surface area contributed by atoms with Crippen molar-refractivity contribution in [2.45, 2.75) is 105 Å². The van der Waals surface area contributed by atoms with E-state index in [1.807, 2.05) is 0 Å². The molecule has 0 saturated carbocycles. The zero-order valence-electron chi connectivity index (χ0n) is 22.2. The Morgan fingerprint density at radius 2 is 0.941 bits per heavy atom. The SMILES string of the molecule is CCCCC#Cc1c(NCCCCC)ccc2c(C#CCCCC)c(NCCCCC)ccc12. The third-order valence-corrected chi connectivity index (χ3v) is 6.13. The van der Waals surface area contributed by atoms with Crippen molar-refractivity contribution in [2.24, 2.45) is 0 Å². The molecule has 0 aromatic heterocycles. The summed E-state index contributed by atoms with van der Waals surface area (Å²) in [4.78, 5) is 0. The molecule has 2 rings (SSSR count). The van der Waals surface area contributed by atoms with E-state index < -0.39 is 0 Å². The lowest BCUT2D eigenvalue weighted by atomic mass is 9.96. The molecule has 184 valence electrons. The van der Waals surface area contributed by atoms with Gasteiger partial charge in [0.25, 0.3) is 0 Å². The van der Waals surface area contributed by atoms with E-state index in [0.717, 1.165) is 61.3 Å². The van der Waals surface area contributed by atoms with Gasteiger partial charge in [-0.15, -0.1) is 0 Å². The zero-order valence-corrected chi connectivity index (χ0v) is 22.2. The number of unbranched alkanes of at least 4 members (excludes halogenated alkanes) is 8. The van der Waals surface area contributed by atoms with Gasteiger partial charge in [0, 0.05) is 36.7 Å². The molecule has 0 spiro atoms. The van der Waals surface area contributed by atoms with Crippen molar-refractivity contribution in [1.82, 2.24) is 0 Å². The number of nitrogens with one attached hydrogen (secondary N) is 2. The standard InChI is InChI=1S/C32H46N2/c1-5-9-13-15-19-29-27-21-24-32(34-26-18-12-8-4)30(20-16-14-10-6-2)28(27)22-23-31(29)33-25-17-11-7-3/h21-24,33-34H,5-14,17-18,25-26H2,1-4H3. The Hall–Kier alpha value is -2.58. The Morgan fingerprint density at radius 1 is 0.529 bits per heavy atom. The third-order valence-electron chi connectivity index (χ3n) is 6.13. The molecule has 0 amide bonds. The van der Waals surface area contributed by atoms with Gasteiger partial charge in [0.2, 0.25) is 0 Å². The van der Waals surface area contributed by atoms with E-state index in [2.05, 4.69) is 86.3 Å². The summed E-state index contributed by atoms with van der Waals surface area (Å²) in [6.07, 6.45) is 13.9. The van der Waals surface area contributed by atoms with Gasteiger partial charge in [0.15, 0.2) is 0 Å². The molecule has 2 aromatic rings. The molecule has 2 N–H and O–H groups in total. The molecule has 0 radical (unpaired) electrons. The number of hydrogen-bond acceptors (Lipinski definition) is 2. The Bertz CT molecular complexity index is 900. The normalized spacial score (nSPS) is 10.4. The van der Waals surface area contributed by atoms with Crippen molar-refractivity contribution < 1.29 is 0 Å². The maximum Gasteiger partial charge on any atom is 0.0555 e. The summed E-state index contributed by atoms with van der Waals surface area (Å²) >= 11 is 0. The molecular weight excluding hydrogens is 412 g/mol. The summed E-state index contributed by atoms with van der Waals surface area (Å²) in [5.74, 6) is 13.9. The quantitative estimate of drug-likeness (QED) is 0.218. The lowest BCUT2D eigenvalue weighted by Crippen LogP contribution is -2.05. The highest BCUT2D eigenvalue weighted by Gasteiger charge is 2.12. The predicted molar refractivity (Wildman–Crippen MR) is 153 cm³/mol. The largest absolute Gasteiger partial charge is 0.384 e. The fraction of sp³-hybridized carbons (Fsp3) is 0.562. The summed E-state index contributed by atoms with van der Waals surface area (Å²) in [6.45, 7) is 10.9. The summed E-state index contributed by atoms with van der Waals surface area (Å²) in [6, 6.07) is 8.93. The van der Waals surface area contributed by atoms with Crippen LogP contribution in [0.4, 0.5) is 11.4 Å². The molecule has 0 bridgehead atoms. The van der Waals surface area contributed by atoms with Gasteiger partial charge in [-0.3, -0.25) is 0 Å². The first-order valence-electron chi connectivity index (χ1n) is 13.8. The zero-order chi connectivity index (χ0) is 24.4.